The van der Waals surface area contributed by atoms with Crippen LogP contribution in [0.15, 0.2) is 0 Å². The predicted molar refractivity (Wildman–Crippen MR) is 65.4 cm³/mol. The van der Waals surface area contributed by atoms with Gasteiger partial charge in [-0.1, -0.05) is 39.5 Å². The molecule has 0 radical (unpaired) electrons. The average molecular weight is 230 g/mol. The van der Waals surface area contributed by atoms with Gasteiger partial charge in [0.15, 0.2) is 0 Å². The average Bonchev–Trinajstić information content (AvgIpc) is 2.44. The maximum atomic E-state index is 11.5. The molecule has 0 amide bonds. The second-order valence-corrected chi connectivity index (χ2v) is 6.37. The van der Waals surface area contributed by atoms with Gasteiger partial charge in [0.05, 0.1) is 0 Å². The molecule has 1 N–H and O–H groups in total. The van der Waals surface area contributed by atoms with Crippen LogP contribution in [0.5, 0.6) is 0 Å². The predicted octanol–water partition coefficient (Wildman–Crippen LogP) is 3.70. The minimum Gasteiger partial charge on any atom is -0.480 e. The van der Waals surface area contributed by atoms with Gasteiger partial charge in [-0.05, 0) is 19.3 Å². The first-order valence-electron chi connectivity index (χ1n) is 6.02. The minimum atomic E-state index is -0.588. The Kier molecular flexibility index (Phi) is 4.97. The van der Waals surface area contributed by atoms with Crippen LogP contribution in [0.1, 0.15) is 58.8 Å². The van der Waals surface area contributed by atoms with Gasteiger partial charge in [0, 0.05) is 5.25 Å². The van der Waals surface area contributed by atoms with Crippen molar-refractivity contribution in [2.24, 2.45) is 0 Å². The van der Waals surface area contributed by atoms with Gasteiger partial charge in [0.2, 0.25) is 0 Å². The fraction of sp³-hybridized carbons (Fsp3) is 0.917. The number of carbonyl (C=O) groups is 1. The van der Waals surface area contributed by atoms with E-state index in [0.29, 0.717) is 5.25 Å². The first-order valence-corrected chi connectivity index (χ1v) is 6.90. The lowest BCUT2D eigenvalue weighted by Crippen LogP contribution is -2.36. The summed E-state index contributed by atoms with van der Waals surface area (Å²) in [5.74, 6) is -0.588. The molecule has 1 fully saturated rings. The van der Waals surface area contributed by atoms with Gasteiger partial charge in [-0.2, -0.15) is 0 Å². The highest BCUT2D eigenvalue weighted by Gasteiger charge is 2.40. The van der Waals surface area contributed by atoms with Gasteiger partial charge in [-0.15, -0.1) is 11.8 Å². The molecule has 1 atom stereocenters. The largest absolute Gasteiger partial charge is 0.480 e. The Bertz CT molecular complexity index is 208. The molecule has 1 aliphatic carbocycles. The number of hydrogen-bond donors (Lipinski definition) is 1. The number of rotatable bonds is 4. The van der Waals surface area contributed by atoms with Crippen molar-refractivity contribution in [3.05, 3.63) is 0 Å². The van der Waals surface area contributed by atoms with E-state index in [1.54, 1.807) is 11.8 Å². The van der Waals surface area contributed by atoms with Crippen LogP contribution in [0.2, 0.25) is 0 Å². The third-order valence-electron chi connectivity index (χ3n) is 3.30. The highest BCUT2D eigenvalue weighted by Crippen LogP contribution is 2.41. The van der Waals surface area contributed by atoms with Gasteiger partial charge in [-0.3, -0.25) is 4.79 Å². The summed E-state index contributed by atoms with van der Waals surface area (Å²) in [5, 5.41) is 9.89. The molecule has 3 heteroatoms. The molecular formula is C12H22O2S. The summed E-state index contributed by atoms with van der Waals surface area (Å²) in [6.07, 6.45) is 7.34. The third-order valence-corrected chi connectivity index (χ3v) is 5.07. The Labute approximate surface area is 96.8 Å². The lowest BCUT2D eigenvalue weighted by atomic mass is 9.99. The lowest BCUT2D eigenvalue weighted by molar-refractivity contribution is -0.140. The van der Waals surface area contributed by atoms with Crippen molar-refractivity contribution in [3.8, 4) is 0 Å². The van der Waals surface area contributed by atoms with E-state index >= 15 is 0 Å². The second kappa shape index (κ2) is 5.78. The number of carboxylic acids is 1. The molecule has 2 nitrogen and oxygen atoms in total. The first kappa shape index (κ1) is 12.9. The molecule has 15 heavy (non-hydrogen) atoms. The van der Waals surface area contributed by atoms with Crippen molar-refractivity contribution in [1.29, 1.82) is 0 Å². The third kappa shape index (κ3) is 3.40. The van der Waals surface area contributed by atoms with Crippen molar-refractivity contribution in [2.45, 2.75) is 68.8 Å². The van der Waals surface area contributed by atoms with E-state index in [4.69, 9.17) is 0 Å². The Morgan fingerprint density at radius 1 is 1.33 bits per heavy atom. The van der Waals surface area contributed by atoms with Crippen molar-refractivity contribution in [3.63, 3.8) is 0 Å². The van der Waals surface area contributed by atoms with E-state index < -0.39 is 10.7 Å². The van der Waals surface area contributed by atoms with Crippen molar-refractivity contribution in [1.82, 2.24) is 0 Å². The smallest absolute Gasteiger partial charge is 0.319 e. The number of aliphatic carboxylic acids is 1. The molecule has 0 aliphatic heterocycles. The van der Waals surface area contributed by atoms with Gasteiger partial charge in [-0.25, -0.2) is 0 Å². The Morgan fingerprint density at radius 3 is 2.27 bits per heavy atom. The summed E-state index contributed by atoms with van der Waals surface area (Å²) in [6.45, 7) is 4.27. The molecule has 88 valence electrons. The van der Waals surface area contributed by atoms with E-state index in [2.05, 4.69) is 13.8 Å². The summed E-state index contributed by atoms with van der Waals surface area (Å²) < 4.78 is -0.480. The number of thioether (sulfide) groups is 1. The molecule has 0 aromatic rings. The van der Waals surface area contributed by atoms with E-state index in [1.807, 2.05) is 0 Å². The van der Waals surface area contributed by atoms with Gasteiger partial charge < -0.3 is 5.11 Å². The van der Waals surface area contributed by atoms with Crippen LogP contribution < -0.4 is 0 Å². The monoisotopic (exact) mass is 230 g/mol. The molecule has 1 unspecified atom stereocenters. The molecule has 0 bridgehead atoms. The highest BCUT2D eigenvalue weighted by molar-refractivity contribution is 8.01. The Balaban J connectivity index is 2.71. The molecule has 0 saturated heterocycles. The van der Waals surface area contributed by atoms with Crippen LogP contribution in [-0.2, 0) is 4.79 Å². The van der Waals surface area contributed by atoms with E-state index in [0.717, 1.165) is 32.1 Å². The summed E-state index contributed by atoms with van der Waals surface area (Å²) in [5.41, 5.74) is 0. The highest BCUT2D eigenvalue weighted by atomic mass is 32.2. The van der Waals surface area contributed by atoms with Gasteiger partial charge in [0.1, 0.15) is 4.75 Å². The zero-order chi connectivity index (χ0) is 11.3. The molecule has 1 saturated carbocycles. The summed E-state index contributed by atoms with van der Waals surface area (Å²) in [6, 6.07) is 0. The molecule has 0 aromatic carbocycles. The SMILES string of the molecule is CCC(C)SC1(C(=O)O)CCCCCC1. The van der Waals surface area contributed by atoms with E-state index in [-0.39, 0.29) is 0 Å². The zero-order valence-corrected chi connectivity index (χ0v) is 10.6. The minimum absolute atomic E-state index is 0.458. The van der Waals surface area contributed by atoms with E-state index in [1.165, 1.54) is 12.8 Å². The fourth-order valence-corrected chi connectivity index (χ4v) is 3.71. The van der Waals surface area contributed by atoms with Crippen molar-refractivity contribution in [2.75, 3.05) is 0 Å². The second-order valence-electron chi connectivity index (χ2n) is 4.55. The normalized spacial score (nSPS) is 23.1. The summed E-state index contributed by atoms with van der Waals surface area (Å²) in [7, 11) is 0. The first-order chi connectivity index (χ1) is 7.10. The lowest BCUT2D eigenvalue weighted by Gasteiger charge is -2.30. The molecule has 0 spiro atoms. The molecule has 1 aliphatic rings. The summed E-state index contributed by atoms with van der Waals surface area (Å²) in [4.78, 5) is 11.5. The van der Waals surface area contributed by atoms with Crippen LogP contribution in [0.3, 0.4) is 0 Å². The topological polar surface area (TPSA) is 37.3 Å². The maximum Gasteiger partial charge on any atom is 0.319 e. The van der Waals surface area contributed by atoms with Crippen LogP contribution in [0, 0.1) is 0 Å². The van der Waals surface area contributed by atoms with Gasteiger partial charge in [0.25, 0.3) is 0 Å². The molecule has 0 heterocycles. The Hall–Kier alpha value is -0.180. The summed E-state index contributed by atoms with van der Waals surface area (Å²) >= 11 is 1.69. The Morgan fingerprint density at radius 2 is 1.87 bits per heavy atom. The van der Waals surface area contributed by atoms with Crippen LogP contribution in [0.25, 0.3) is 0 Å². The number of hydrogen-bond acceptors (Lipinski definition) is 2. The van der Waals surface area contributed by atoms with E-state index in [9.17, 15) is 9.90 Å². The fourth-order valence-electron chi connectivity index (χ4n) is 2.15. The zero-order valence-electron chi connectivity index (χ0n) is 9.79. The maximum absolute atomic E-state index is 11.5. The van der Waals surface area contributed by atoms with Crippen LogP contribution in [0.4, 0.5) is 0 Å². The standard InChI is InChI=1S/C12H22O2S/c1-3-10(2)15-12(11(13)14)8-6-4-5-7-9-12/h10H,3-9H2,1-2H3,(H,13,14). The number of carboxylic acid groups (broad SMARTS) is 1. The van der Waals surface area contributed by atoms with Gasteiger partial charge >= 0.3 is 5.97 Å². The molecular weight excluding hydrogens is 208 g/mol. The van der Waals surface area contributed by atoms with Crippen LogP contribution >= 0.6 is 11.8 Å². The van der Waals surface area contributed by atoms with Crippen LogP contribution in [-0.4, -0.2) is 21.1 Å². The van der Waals surface area contributed by atoms with Crippen molar-refractivity contribution < 1.29 is 9.90 Å². The quantitative estimate of drug-likeness (QED) is 0.748. The molecule has 1 rings (SSSR count). The van der Waals surface area contributed by atoms with Crippen molar-refractivity contribution >= 4 is 17.7 Å². The molecule has 0 aromatic heterocycles.